The molecule has 0 bridgehead atoms. The summed E-state index contributed by atoms with van der Waals surface area (Å²) in [6.45, 7) is 1.78. The lowest BCUT2D eigenvalue weighted by Gasteiger charge is -2.22. The number of aliphatic hydroxyl groups excluding tert-OH is 1. The van der Waals surface area contributed by atoms with Crippen LogP contribution in [-0.4, -0.2) is 23.2 Å². The highest BCUT2D eigenvalue weighted by Gasteiger charge is 2.18. The summed E-state index contributed by atoms with van der Waals surface area (Å²) in [5, 5.41) is 33.3. The van der Waals surface area contributed by atoms with Gasteiger partial charge in [0.25, 0.3) is 5.69 Å². The topological polar surface area (TPSA) is 108 Å². The molecule has 2 rings (SSSR count). The van der Waals surface area contributed by atoms with Crippen molar-refractivity contribution in [2.24, 2.45) is 0 Å². The maximum atomic E-state index is 10.8. The van der Waals surface area contributed by atoms with Gasteiger partial charge < -0.3 is 15.2 Å². The molecular weight excluding hydrogens is 310 g/mol. The predicted octanol–water partition coefficient (Wildman–Crippen LogP) is 3.01. The number of nitro benzene ring substituents is 1. The van der Waals surface area contributed by atoms with E-state index in [0.29, 0.717) is 17.0 Å². The van der Waals surface area contributed by atoms with Gasteiger partial charge in [0.05, 0.1) is 24.2 Å². The number of anilines is 1. The first-order valence-electron chi connectivity index (χ1n) is 7.23. The lowest BCUT2D eigenvalue weighted by atomic mass is 10.0. The molecule has 0 radical (unpaired) electrons. The molecule has 0 aliphatic rings. The van der Waals surface area contributed by atoms with Crippen LogP contribution >= 0.6 is 0 Å². The van der Waals surface area contributed by atoms with Gasteiger partial charge in [0.1, 0.15) is 17.4 Å². The third-order valence-corrected chi connectivity index (χ3v) is 3.64. The van der Waals surface area contributed by atoms with E-state index in [1.807, 2.05) is 0 Å². The highest BCUT2D eigenvalue weighted by Crippen LogP contribution is 2.25. The fourth-order valence-electron chi connectivity index (χ4n) is 2.31. The van der Waals surface area contributed by atoms with E-state index in [4.69, 9.17) is 10.00 Å². The third-order valence-electron chi connectivity index (χ3n) is 3.64. The van der Waals surface area contributed by atoms with Gasteiger partial charge in [0.15, 0.2) is 0 Å². The summed E-state index contributed by atoms with van der Waals surface area (Å²) >= 11 is 0. The average molecular weight is 327 g/mol. The molecule has 124 valence electrons. The number of nitrogens with zero attached hydrogens (tertiary/aromatic N) is 2. The summed E-state index contributed by atoms with van der Waals surface area (Å²) < 4.78 is 5.08. The zero-order chi connectivity index (χ0) is 17.7. The second-order valence-electron chi connectivity index (χ2n) is 5.25. The van der Waals surface area contributed by atoms with Crippen molar-refractivity contribution in [3.8, 4) is 11.8 Å². The number of ether oxygens (including phenoxy) is 1. The maximum absolute atomic E-state index is 10.8. The number of rotatable bonds is 6. The Morgan fingerprint density at radius 1 is 1.29 bits per heavy atom. The molecule has 0 saturated heterocycles. The first kappa shape index (κ1) is 17.2. The predicted molar refractivity (Wildman–Crippen MR) is 88.8 cm³/mol. The van der Waals surface area contributed by atoms with E-state index in [1.54, 1.807) is 44.4 Å². The van der Waals surface area contributed by atoms with Crippen molar-refractivity contribution in [3.63, 3.8) is 0 Å². The Bertz CT molecular complexity index is 768. The lowest BCUT2D eigenvalue weighted by molar-refractivity contribution is -0.385. The fourth-order valence-corrected chi connectivity index (χ4v) is 2.31. The molecule has 0 heterocycles. The zero-order valence-electron chi connectivity index (χ0n) is 13.3. The van der Waals surface area contributed by atoms with E-state index < -0.39 is 11.0 Å². The molecule has 0 spiro atoms. The Labute approximate surface area is 139 Å². The van der Waals surface area contributed by atoms with Crippen molar-refractivity contribution in [1.82, 2.24) is 0 Å². The Hall–Kier alpha value is -3.11. The van der Waals surface area contributed by atoms with Crippen molar-refractivity contribution in [2.75, 3.05) is 12.4 Å². The van der Waals surface area contributed by atoms with E-state index in [9.17, 15) is 15.2 Å². The molecule has 2 aromatic rings. The standard InChI is InChI=1S/C17H17N3O4/c1-11(17(21)12-3-6-15(24-2)7-4-12)19-14-5-8-16(20(22)23)13(9-14)10-18/h3-9,11,17,19,21H,1-2H3/t11-,17-/m0/s1. The Balaban J connectivity index is 2.14. The van der Waals surface area contributed by atoms with Gasteiger partial charge in [-0.15, -0.1) is 0 Å². The number of hydrogen-bond acceptors (Lipinski definition) is 6. The molecule has 2 N–H and O–H groups in total. The number of benzene rings is 2. The molecule has 0 saturated carbocycles. The van der Waals surface area contributed by atoms with Crippen LogP contribution in [0.3, 0.4) is 0 Å². The molecule has 0 aliphatic heterocycles. The normalized spacial score (nSPS) is 12.8. The van der Waals surface area contributed by atoms with Crippen LogP contribution < -0.4 is 10.1 Å². The average Bonchev–Trinajstić information content (AvgIpc) is 2.60. The number of nitriles is 1. The molecule has 7 nitrogen and oxygen atoms in total. The van der Waals surface area contributed by atoms with E-state index in [-0.39, 0.29) is 17.3 Å². The van der Waals surface area contributed by atoms with Crippen LogP contribution in [-0.2, 0) is 0 Å². The molecule has 0 unspecified atom stereocenters. The SMILES string of the molecule is COc1ccc([C@@H](O)[C@H](C)Nc2ccc([N+](=O)[O-])c(C#N)c2)cc1. The molecule has 0 fully saturated rings. The molecule has 2 aromatic carbocycles. The van der Waals surface area contributed by atoms with E-state index in [0.717, 1.165) is 0 Å². The van der Waals surface area contributed by atoms with Gasteiger partial charge in [0.2, 0.25) is 0 Å². The molecule has 24 heavy (non-hydrogen) atoms. The van der Waals surface area contributed by atoms with Gasteiger partial charge in [-0.2, -0.15) is 5.26 Å². The van der Waals surface area contributed by atoms with Gasteiger partial charge in [-0.25, -0.2) is 0 Å². The Kier molecular flexibility index (Phi) is 5.35. The van der Waals surface area contributed by atoms with Gasteiger partial charge in [-0.05, 0) is 36.8 Å². The summed E-state index contributed by atoms with van der Waals surface area (Å²) in [5.74, 6) is 0.695. The largest absolute Gasteiger partial charge is 0.497 e. The molecule has 0 aliphatic carbocycles. The van der Waals surface area contributed by atoms with Crippen molar-refractivity contribution in [2.45, 2.75) is 19.1 Å². The lowest BCUT2D eigenvalue weighted by Crippen LogP contribution is -2.24. The van der Waals surface area contributed by atoms with Crippen LogP contribution in [0.4, 0.5) is 11.4 Å². The molecule has 0 amide bonds. The third kappa shape index (κ3) is 3.80. The summed E-state index contributed by atoms with van der Waals surface area (Å²) in [4.78, 5) is 10.2. The van der Waals surface area contributed by atoms with E-state index in [1.165, 1.54) is 18.2 Å². The summed E-state index contributed by atoms with van der Waals surface area (Å²) in [5.41, 5.74) is 0.956. The number of nitrogens with one attached hydrogen (secondary N) is 1. The van der Waals surface area contributed by atoms with Crippen molar-refractivity contribution in [1.29, 1.82) is 5.26 Å². The molecule has 2 atom stereocenters. The summed E-state index contributed by atoms with van der Waals surface area (Å²) in [6.07, 6.45) is -0.795. The van der Waals surface area contributed by atoms with Gasteiger partial charge in [-0.3, -0.25) is 10.1 Å². The van der Waals surface area contributed by atoms with E-state index in [2.05, 4.69) is 5.32 Å². The first-order chi connectivity index (χ1) is 11.5. The number of nitro groups is 1. The Morgan fingerprint density at radius 3 is 2.50 bits per heavy atom. The minimum absolute atomic E-state index is 0.0314. The van der Waals surface area contributed by atoms with Crippen LogP contribution in [0, 0.1) is 21.4 Å². The van der Waals surface area contributed by atoms with Crippen LogP contribution in [0.2, 0.25) is 0 Å². The highest BCUT2D eigenvalue weighted by molar-refractivity contribution is 5.59. The first-order valence-corrected chi connectivity index (χ1v) is 7.23. The molecular formula is C17H17N3O4. The summed E-state index contributed by atoms with van der Waals surface area (Å²) in [7, 11) is 1.57. The smallest absolute Gasteiger partial charge is 0.287 e. The number of aliphatic hydroxyl groups is 1. The van der Waals surface area contributed by atoms with Crippen molar-refractivity contribution < 1.29 is 14.8 Å². The Morgan fingerprint density at radius 2 is 1.96 bits per heavy atom. The minimum atomic E-state index is -0.795. The second-order valence-corrected chi connectivity index (χ2v) is 5.25. The maximum Gasteiger partial charge on any atom is 0.287 e. The zero-order valence-corrected chi connectivity index (χ0v) is 13.3. The van der Waals surface area contributed by atoms with Crippen LogP contribution in [0.15, 0.2) is 42.5 Å². The van der Waals surface area contributed by atoms with Crippen molar-refractivity contribution in [3.05, 3.63) is 63.7 Å². The van der Waals surface area contributed by atoms with Crippen LogP contribution in [0.5, 0.6) is 5.75 Å². The van der Waals surface area contributed by atoms with Crippen molar-refractivity contribution >= 4 is 11.4 Å². The molecule has 7 heteroatoms. The molecule has 0 aromatic heterocycles. The monoisotopic (exact) mass is 327 g/mol. The summed E-state index contributed by atoms with van der Waals surface area (Å²) in [6, 6.07) is 12.7. The number of methoxy groups -OCH3 is 1. The number of hydrogen-bond donors (Lipinski definition) is 2. The van der Waals surface area contributed by atoms with Gasteiger partial charge >= 0.3 is 0 Å². The van der Waals surface area contributed by atoms with Crippen LogP contribution in [0.25, 0.3) is 0 Å². The van der Waals surface area contributed by atoms with E-state index >= 15 is 0 Å². The highest BCUT2D eigenvalue weighted by atomic mass is 16.6. The quantitative estimate of drug-likeness (QED) is 0.623. The second kappa shape index (κ2) is 7.44. The fraction of sp³-hybridized carbons (Fsp3) is 0.235. The van der Waals surface area contributed by atoms with Gasteiger partial charge in [-0.1, -0.05) is 12.1 Å². The van der Waals surface area contributed by atoms with Crippen LogP contribution in [0.1, 0.15) is 24.2 Å². The van der Waals surface area contributed by atoms with Gasteiger partial charge in [0, 0.05) is 11.8 Å². The minimum Gasteiger partial charge on any atom is -0.497 e.